The van der Waals surface area contributed by atoms with Crippen LogP contribution >= 0.6 is 0 Å². The van der Waals surface area contributed by atoms with Crippen LogP contribution in [0.4, 0.5) is 0 Å². The van der Waals surface area contributed by atoms with E-state index in [1.165, 1.54) is 32.1 Å². The maximum absolute atomic E-state index is 11.8. The lowest BCUT2D eigenvalue weighted by atomic mass is 10.1. The van der Waals surface area contributed by atoms with Crippen molar-refractivity contribution in [3.63, 3.8) is 0 Å². The summed E-state index contributed by atoms with van der Waals surface area (Å²) < 4.78 is 0. The molecule has 0 saturated carbocycles. The van der Waals surface area contributed by atoms with Crippen LogP contribution in [0.25, 0.3) is 0 Å². The minimum absolute atomic E-state index is 0.0560. The molecule has 1 heterocycles. The molecule has 0 aromatic rings. The van der Waals surface area contributed by atoms with Crippen molar-refractivity contribution in [3.8, 4) is 0 Å². The van der Waals surface area contributed by atoms with Gasteiger partial charge in [-0.3, -0.25) is 14.5 Å². The highest BCUT2D eigenvalue weighted by Gasteiger charge is 2.13. The topological polar surface area (TPSA) is 61.4 Å². The molecule has 1 aliphatic rings. The molecule has 0 unspecified atom stereocenters. The Morgan fingerprint density at radius 3 is 2.16 bits per heavy atom. The van der Waals surface area contributed by atoms with E-state index in [0.29, 0.717) is 6.54 Å². The maximum atomic E-state index is 11.8. The number of nitrogens with zero attached hydrogens (tertiary/aromatic N) is 1. The summed E-state index contributed by atoms with van der Waals surface area (Å²) in [4.78, 5) is 25.4. The number of rotatable bonds is 5. The van der Waals surface area contributed by atoms with Gasteiger partial charge in [0.25, 0.3) is 0 Å². The molecule has 19 heavy (non-hydrogen) atoms. The Balaban J connectivity index is 2.20. The summed E-state index contributed by atoms with van der Waals surface area (Å²) in [5, 5.41) is 5.43. The standard InChI is InChI=1S/C14H27N3O2/c1-12(2)16-13(18)10-15-14(19)11-17-8-6-4-3-5-7-9-17/h12H,3-11H2,1-2H3,(H,15,19)(H,16,18). The Labute approximate surface area is 116 Å². The third-order valence-electron chi connectivity index (χ3n) is 3.21. The van der Waals surface area contributed by atoms with Gasteiger partial charge in [0.15, 0.2) is 0 Å². The third-order valence-corrected chi connectivity index (χ3v) is 3.21. The largest absolute Gasteiger partial charge is 0.352 e. The summed E-state index contributed by atoms with van der Waals surface area (Å²) >= 11 is 0. The molecule has 5 nitrogen and oxygen atoms in total. The summed E-state index contributed by atoms with van der Waals surface area (Å²) in [6, 6.07) is 0.110. The van der Waals surface area contributed by atoms with E-state index in [2.05, 4.69) is 15.5 Å². The van der Waals surface area contributed by atoms with Crippen molar-refractivity contribution in [2.24, 2.45) is 0 Å². The van der Waals surface area contributed by atoms with Crippen molar-refractivity contribution >= 4 is 11.8 Å². The number of hydrogen-bond acceptors (Lipinski definition) is 3. The molecule has 1 aliphatic heterocycles. The highest BCUT2D eigenvalue weighted by Crippen LogP contribution is 2.09. The first-order valence-corrected chi connectivity index (χ1v) is 7.36. The van der Waals surface area contributed by atoms with Gasteiger partial charge in [0.2, 0.25) is 11.8 Å². The molecule has 0 aromatic carbocycles. The van der Waals surface area contributed by atoms with Crippen molar-refractivity contribution in [1.29, 1.82) is 0 Å². The Bertz CT molecular complexity index is 284. The molecule has 0 atom stereocenters. The van der Waals surface area contributed by atoms with E-state index in [1.54, 1.807) is 0 Å². The monoisotopic (exact) mass is 269 g/mol. The molecule has 0 aromatic heterocycles. The van der Waals surface area contributed by atoms with Gasteiger partial charge in [-0.2, -0.15) is 0 Å². The fourth-order valence-electron chi connectivity index (χ4n) is 2.28. The fourth-order valence-corrected chi connectivity index (χ4v) is 2.28. The van der Waals surface area contributed by atoms with Crippen LogP contribution < -0.4 is 10.6 Å². The number of hydrogen-bond donors (Lipinski definition) is 2. The van der Waals surface area contributed by atoms with Crippen LogP contribution in [0.15, 0.2) is 0 Å². The van der Waals surface area contributed by atoms with Gasteiger partial charge in [-0.25, -0.2) is 0 Å². The smallest absolute Gasteiger partial charge is 0.239 e. The van der Waals surface area contributed by atoms with Crippen LogP contribution in [0, 0.1) is 0 Å². The molecule has 0 radical (unpaired) electrons. The zero-order chi connectivity index (χ0) is 14.1. The first-order chi connectivity index (χ1) is 9.08. The first kappa shape index (κ1) is 16.0. The van der Waals surface area contributed by atoms with Gasteiger partial charge in [0.1, 0.15) is 0 Å². The average Bonchev–Trinajstić information content (AvgIpc) is 2.29. The van der Waals surface area contributed by atoms with Crippen LogP contribution in [-0.2, 0) is 9.59 Å². The highest BCUT2D eigenvalue weighted by atomic mass is 16.2. The van der Waals surface area contributed by atoms with E-state index in [0.717, 1.165) is 13.1 Å². The zero-order valence-electron chi connectivity index (χ0n) is 12.2. The molecular weight excluding hydrogens is 242 g/mol. The van der Waals surface area contributed by atoms with Gasteiger partial charge in [0.05, 0.1) is 13.1 Å². The number of nitrogens with one attached hydrogen (secondary N) is 2. The van der Waals surface area contributed by atoms with E-state index in [9.17, 15) is 9.59 Å². The molecule has 0 aliphatic carbocycles. The van der Waals surface area contributed by atoms with Gasteiger partial charge < -0.3 is 10.6 Å². The SMILES string of the molecule is CC(C)NC(=O)CNC(=O)CN1CCCCCCC1. The lowest BCUT2D eigenvalue weighted by Crippen LogP contribution is -2.44. The van der Waals surface area contributed by atoms with Crippen LogP contribution in [0.2, 0.25) is 0 Å². The number of carbonyl (C=O) groups is 2. The summed E-state index contributed by atoms with van der Waals surface area (Å²) in [5.74, 6) is -0.185. The van der Waals surface area contributed by atoms with Gasteiger partial charge in [-0.05, 0) is 39.8 Å². The minimum Gasteiger partial charge on any atom is -0.352 e. The summed E-state index contributed by atoms with van der Waals surface area (Å²) in [7, 11) is 0. The Morgan fingerprint density at radius 1 is 1.00 bits per heavy atom. The van der Waals surface area contributed by atoms with Gasteiger partial charge >= 0.3 is 0 Å². The van der Waals surface area contributed by atoms with Gasteiger partial charge in [0, 0.05) is 6.04 Å². The van der Waals surface area contributed by atoms with Crippen LogP contribution in [0.1, 0.15) is 46.0 Å². The zero-order valence-corrected chi connectivity index (χ0v) is 12.2. The second-order valence-corrected chi connectivity index (χ2v) is 5.54. The Morgan fingerprint density at radius 2 is 1.58 bits per heavy atom. The Hall–Kier alpha value is -1.10. The summed E-state index contributed by atoms with van der Waals surface area (Å²) in [5.41, 5.74) is 0. The average molecular weight is 269 g/mol. The van der Waals surface area contributed by atoms with Crippen molar-refractivity contribution in [3.05, 3.63) is 0 Å². The minimum atomic E-state index is -0.129. The lowest BCUT2D eigenvalue weighted by Gasteiger charge is -2.23. The molecular formula is C14H27N3O2. The van der Waals surface area contributed by atoms with Crippen molar-refractivity contribution < 1.29 is 9.59 Å². The number of likely N-dealkylation sites (tertiary alicyclic amines) is 1. The van der Waals surface area contributed by atoms with E-state index < -0.39 is 0 Å². The number of amides is 2. The van der Waals surface area contributed by atoms with Crippen LogP contribution in [-0.4, -0.2) is 48.9 Å². The summed E-state index contributed by atoms with van der Waals surface area (Å²) in [6.45, 7) is 6.27. The maximum Gasteiger partial charge on any atom is 0.239 e. The molecule has 5 heteroatoms. The molecule has 0 bridgehead atoms. The quantitative estimate of drug-likeness (QED) is 0.779. The second-order valence-electron chi connectivity index (χ2n) is 5.54. The van der Waals surface area contributed by atoms with Crippen LogP contribution in [0.3, 0.4) is 0 Å². The van der Waals surface area contributed by atoms with Crippen molar-refractivity contribution in [2.75, 3.05) is 26.2 Å². The van der Waals surface area contributed by atoms with Crippen molar-refractivity contribution in [1.82, 2.24) is 15.5 Å². The van der Waals surface area contributed by atoms with E-state index in [-0.39, 0.29) is 24.4 Å². The Kier molecular flexibility index (Phi) is 7.48. The molecule has 1 rings (SSSR count). The molecule has 1 fully saturated rings. The molecule has 110 valence electrons. The van der Waals surface area contributed by atoms with Gasteiger partial charge in [-0.15, -0.1) is 0 Å². The molecule has 2 N–H and O–H groups in total. The number of carbonyl (C=O) groups excluding carboxylic acids is 2. The normalized spacial score (nSPS) is 17.6. The van der Waals surface area contributed by atoms with E-state index in [4.69, 9.17) is 0 Å². The predicted octanol–water partition coefficient (Wildman–Crippen LogP) is 0.893. The van der Waals surface area contributed by atoms with Crippen molar-refractivity contribution in [2.45, 2.75) is 52.0 Å². The van der Waals surface area contributed by atoms with Gasteiger partial charge in [-0.1, -0.05) is 19.3 Å². The second kappa shape index (κ2) is 8.91. The van der Waals surface area contributed by atoms with E-state index >= 15 is 0 Å². The fraction of sp³-hybridized carbons (Fsp3) is 0.857. The lowest BCUT2D eigenvalue weighted by molar-refractivity contribution is -0.127. The molecule has 1 saturated heterocycles. The molecule has 0 spiro atoms. The first-order valence-electron chi connectivity index (χ1n) is 7.36. The summed E-state index contributed by atoms with van der Waals surface area (Å²) in [6.07, 6.45) is 6.17. The molecule has 2 amide bonds. The highest BCUT2D eigenvalue weighted by molar-refractivity contribution is 5.85. The van der Waals surface area contributed by atoms with E-state index in [1.807, 2.05) is 13.8 Å². The van der Waals surface area contributed by atoms with Crippen LogP contribution in [0.5, 0.6) is 0 Å². The predicted molar refractivity (Wildman–Crippen MR) is 75.8 cm³/mol. The third kappa shape index (κ3) is 7.82.